The minimum atomic E-state index is 0.533. The van der Waals surface area contributed by atoms with Gasteiger partial charge in [-0.1, -0.05) is 0 Å². The molecule has 92 valence electrons. The second-order valence-corrected chi connectivity index (χ2v) is 3.42. The molecule has 0 radical (unpaired) electrons. The van der Waals surface area contributed by atoms with Gasteiger partial charge in [-0.25, -0.2) is 0 Å². The number of carbonyl (C=O) groups is 1. The molecule has 0 aliphatic carbocycles. The van der Waals surface area contributed by atoms with E-state index in [0.29, 0.717) is 29.3 Å². The number of anilines is 1. The third-order valence-electron chi connectivity index (χ3n) is 2.25. The van der Waals surface area contributed by atoms with E-state index >= 15 is 0 Å². The van der Waals surface area contributed by atoms with Crippen molar-refractivity contribution in [1.82, 2.24) is 4.98 Å². The number of rotatable bonds is 5. The van der Waals surface area contributed by atoms with Crippen LogP contribution >= 0.6 is 0 Å². The van der Waals surface area contributed by atoms with Crippen LogP contribution in [0, 0.1) is 0 Å². The Morgan fingerprint density at radius 1 is 1.28 bits per heavy atom. The highest BCUT2D eigenvalue weighted by Crippen LogP contribution is 2.33. The van der Waals surface area contributed by atoms with Crippen LogP contribution in [-0.4, -0.2) is 18.5 Å². The lowest BCUT2D eigenvalue weighted by Crippen LogP contribution is -1.96. The predicted octanol–water partition coefficient (Wildman–Crippen LogP) is 2.45. The normalized spacial score (nSPS) is 9.61. The predicted molar refractivity (Wildman–Crippen MR) is 67.0 cm³/mol. The number of nitrogens with zero attached hydrogens (tertiary/aromatic N) is 1. The quantitative estimate of drug-likeness (QED) is 0.821. The zero-order valence-electron chi connectivity index (χ0n) is 9.79. The molecule has 0 bridgehead atoms. The fourth-order valence-electron chi connectivity index (χ4n) is 1.44. The van der Waals surface area contributed by atoms with Crippen LogP contribution in [0.4, 0.5) is 5.69 Å². The fraction of sp³-hybridized carbons (Fsp3) is 0.0769. The van der Waals surface area contributed by atoms with Gasteiger partial charge in [-0.2, -0.15) is 0 Å². The van der Waals surface area contributed by atoms with Gasteiger partial charge in [-0.15, -0.1) is 0 Å². The first-order valence-corrected chi connectivity index (χ1v) is 5.29. The molecule has 18 heavy (non-hydrogen) atoms. The van der Waals surface area contributed by atoms with Crippen molar-refractivity contribution in [2.45, 2.75) is 0 Å². The fourth-order valence-corrected chi connectivity index (χ4v) is 1.44. The lowest BCUT2D eigenvalue weighted by Gasteiger charge is -2.11. The molecule has 2 aromatic rings. The lowest BCUT2D eigenvalue weighted by molar-refractivity contribution is -0.105. The molecule has 1 N–H and O–H groups in total. The summed E-state index contributed by atoms with van der Waals surface area (Å²) in [4.78, 5) is 14.3. The minimum Gasteiger partial charge on any atom is -0.493 e. The maximum atomic E-state index is 10.4. The second kappa shape index (κ2) is 5.67. The number of ether oxygens (including phenoxy) is 2. The molecule has 2 rings (SSSR count). The summed E-state index contributed by atoms with van der Waals surface area (Å²) in [6, 6.07) is 8.70. The zero-order valence-corrected chi connectivity index (χ0v) is 9.79. The number of aromatic nitrogens is 1. The molecule has 5 heteroatoms. The summed E-state index contributed by atoms with van der Waals surface area (Å²) in [5.41, 5.74) is 0.639. The topological polar surface area (TPSA) is 60.5 Å². The molecule has 0 aliphatic heterocycles. The number of hydrogen-bond donors (Lipinski definition) is 1. The molecule has 1 aromatic carbocycles. The third kappa shape index (κ3) is 2.76. The zero-order chi connectivity index (χ0) is 12.8. The summed E-state index contributed by atoms with van der Waals surface area (Å²) < 4.78 is 10.8. The van der Waals surface area contributed by atoms with E-state index in [1.165, 1.54) is 7.11 Å². The van der Waals surface area contributed by atoms with Crippen LogP contribution in [0.15, 0.2) is 42.7 Å². The Morgan fingerprint density at radius 2 is 2.17 bits per heavy atom. The van der Waals surface area contributed by atoms with E-state index in [4.69, 9.17) is 9.47 Å². The summed E-state index contributed by atoms with van der Waals surface area (Å²) in [6.45, 7) is 0. The SMILES string of the molecule is COc1cc(NC=O)ccc1Oc1cccnc1. The Balaban J connectivity index is 2.25. The first kappa shape index (κ1) is 11.9. The Labute approximate surface area is 104 Å². The van der Waals surface area contributed by atoms with Crippen LogP contribution in [0.5, 0.6) is 17.2 Å². The van der Waals surface area contributed by atoms with Gasteiger partial charge in [0.2, 0.25) is 6.41 Å². The van der Waals surface area contributed by atoms with Crippen LogP contribution in [0.25, 0.3) is 0 Å². The highest BCUT2D eigenvalue weighted by atomic mass is 16.5. The molecule has 0 aliphatic rings. The van der Waals surface area contributed by atoms with E-state index in [1.807, 2.05) is 0 Å². The van der Waals surface area contributed by atoms with Crippen LogP contribution in [-0.2, 0) is 4.79 Å². The van der Waals surface area contributed by atoms with Crippen molar-refractivity contribution in [3.63, 3.8) is 0 Å². The Bertz CT molecular complexity index is 529. The average Bonchev–Trinajstić information content (AvgIpc) is 2.42. The molecule has 1 aromatic heterocycles. The van der Waals surface area contributed by atoms with Crippen molar-refractivity contribution in [2.75, 3.05) is 12.4 Å². The van der Waals surface area contributed by atoms with E-state index < -0.39 is 0 Å². The second-order valence-electron chi connectivity index (χ2n) is 3.42. The van der Waals surface area contributed by atoms with E-state index in [0.717, 1.165) is 0 Å². The van der Waals surface area contributed by atoms with Crippen molar-refractivity contribution in [1.29, 1.82) is 0 Å². The highest BCUT2D eigenvalue weighted by Gasteiger charge is 2.06. The Morgan fingerprint density at radius 3 is 2.83 bits per heavy atom. The van der Waals surface area contributed by atoms with Crippen LogP contribution in [0.3, 0.4) is 0 Å². The minimum absolute atomic E-state index is 0.533. The Hall–Kier alpha value is -2.56. The van der Waals surface area contributed by atoms with Crippen molar-refractivity contribution < 1.29 is 14.3 Å². The summed E-state index contributed by atoms with van der Waals surface area (Å²) in [6.07, 6.45) is 3.88. The summed E-state index contributed by atoms with van der Waals surface area (Å²) in [5.74, 6) is 1.71. The molecule has 0 spiro atoms. The van der Waals surface area contributed by atoms with E-state index in [1.54, 1.807) is 42.7 Å². The van der Waals surface area contributed by atoms with Gasteiger partial charge >= 0.3 is 0 Å². The molecule has 0 fully saturated rings. The molecule has 0 saturated heterocycles. The first-order chi connectivity index (χ1) is 8.83. The molecule has 5 nitrogen and oxygen atoms in total. The Kier molecular flexibility index (Phi) is 3.76. The molecular formula is C13H12N2O3. The van der Waals surface area contributed by atoms with Gasteiger partial charge in [-0.3, -0.25) is 9.78 Å². The lowest BCUT2D eigenvalue weighted by atomic mass is 10.2. The average molecular weight is 244 g/mol. The summed E-state index contributed by atoms with van der Waals surface area (Å²) >= 11 is 0. The van der Waals surface area contributed by atoms with Gasteiger partial charge in [0, 0.05) is 18.0 Å². The smallest absolute Gasteiger partial charge is 0.211 e. The molecule has 0 saturated carbocycles. The first-order valence-electron chi connectivity index (χ1n) is 5.29. The van der Waals surface area contributed by atoms with E-state index in [-0.39, 0.29) is 0 Å². The van der Waals surface area contributed by atoms with E-state index in [2.05, 4.69) is 10.3 Å². The van der Waals surface area contributed by atoms with Crippen molar-refractivity contribution >= 4 is 12.1 Å². The van der Waals surface area contributed by atoms with Crippen LogP contribution in [0.1, 0.15) is 0 Å². The molecule has 0 atom stereocenters. The largest absolute Gasteiger partial charge is 0.493 e. The van der Waals surface area contributed by atoms with Gasteiger partial charge in [0.1, 0.15) is 5.75 Å². The van der Waals surface area contributed by atoms with Gasteiger partial charge in [0.05, 0.1) is 13.3 Å². The van der Waals surface area contributed by atoms with Crippen molar-refractivity contribution in [3.05, 3.63) is 42.7 Å². The maximum Gasteiger partial charge on any atom is 0.211 e. The molecule has 0 unspecified atom stereocenters. The van der Waals surface area contributed by atoms with Gasteiger partial charge in [-0.05, 0) is 24.3 Å². The number of pyridine rings is 1. The number of benzene rings is 1. The van der Waals surface area contributed by atoms with Crippen LogP contribution in [0.2, 0.25) is 0 Å². The van der Waals surface area contributed by atoms with Crippen LogP contribution < -0.4 is 14.8 Å². The van der Waals surface area contributed by atoms with Crippen molar-refractivity contribution in [3.8, 4) is 17.2 Å². The standard InChI is InChI=1S/C13H12N2O3/c1-17-13-7-10(15-9-16)4-5-12(13)18-11-3-2-6-14-8-11/h2-9H,1H3,(H,15,16). The monoisotopic (exact) mass is 244 g/mol. The number of carbonyl (C=O) groups excluding carboxylic acids is 1. The molecule has 1 heterocycles. The van der Waals surface area contributed by atoms with Gasteiger partial charge in [0.15, 0.2) is 11.5 Å². The molecular weight excluding hydrogens is 232 g/mol. The van der Waals surface area contributed by atoms with Gasteiger partial charge in [0.25, 0.3) is 0 Å². The summed E-state index contributed by atoms with van der Waals surface area (Å²) in [5, 5.41) is 2.54. The maximum absolute atomic E-state index is 10.4. The summed E-state index contributed by atoms with van der Waals surface area (Å²) in [7, 11) is 1.54. The third-order valence-corrected chi connectivity index (χ3v) is 2.25. The number of nitrogens with one attached hydrogen (secondary N) is 1. The number of amides is 1. The van der Waals surface area contributed by atoms with Gasteiger partial charge < -0.3 is 14.8 Å². The van der Waals surface area contributed by atoms with Crippen molar-refractivity contribution in [2.24, 2.45) is 0 Å². The van der Waals surface area contributed by atoms with E-state index in [9.17, 15) is 4.79 Å². The number of hydrogen-bond acceptors (Lipinski definition) is 4. The highest BCUT2D eigenvalue weighted by molar-refractivity contribution is 5.72. The number of methoxy groups -OCH3 is 1. The molecule has 1 amide bonds.